The van der Waals surface area contributed by atoms with Gasteiger partial charge in [-0.15, -0.1) is 0 Å². The molecule has 1 saturated heterocycles. The third kappa shape index (κ3) is 3.89. The summed E-state index contributed by atoms with van der Waals surface area (Å²) in [6.45, 7) is 1.77. The number of hydrogen-bond acceptors (Lipinski definition) is 5. The van der Waals surface area contributed by atoms with Crippen molar-refractivity contribution in [2.75, 3.05) is 20.3 Å². The Labute approximate surface area is 192 Å². The molecule has 172 valence electrons. The molecule has 0 bridgehead atoms. The number of para-hydroxylation sites is 2. The van der Waals surface area contributed by atoms with Crippen LogP contribution in [0.1, 0.15) is 40.2 Å². The van der Waals surface area contributed by atoms with Gasteiger partial charge in [0.1, 0.15) is 12.4 Å². The largest absolute Gasteiger partial charge is 0.383 e. The van der Waals surface area contributed by atoms with Crippen LogP contribution in [0.2, 0.25) is 0 Å². The van der Waals surface area contributed by atoms with E-state index in [4.69, 9.17) is 4.74 Å². The van der Waals surface area contributed by atoms with Gasteiger partial charge in [-0.1, -0.05) is 18.2 Å². The molecule has 2 heterocycles. The summed E-state index contributed by atoms with van der Waals surface area (Å²) in [5.41, 5.74) is 4.06. The summed E-state index contributed by atoms with van der Waals surface area (Å²) in [7, 11) is 1.64. The number of ether oxygens (including phenoxy) is 1. The summed E-state index contributed by atoms with van der Waals surface area (Å²) in [6, 6.07) is 13.2. The molecule has 8 nitrogen and oxygen atoms in total. The highest BCUT2D eigenvalue weighted by Crippen LogP contribution is 2.41. The summed E-state index contributed by atoms with van der Waals surface area (Å²) in [5, 5.41) is 14.3. The molecule has 0 saturated carbocycles. The fraction of sp³-hybridized carbons (Fsp3) is 0.400. The lowest BCUT2D eigenvalue weighted by Gasteiger charge is -2.32. The first-order chi connectivity index (χ1) is 16.0. The maximum Gasteiger partial charge on any atom is 0.277 e. The number of carbonyl (C=O) groups excluding carboxylic acids is 2. The van der Waals surface area contributed by atoms with Crippen LogP contribution in [0.25, 0.3) is 11.0 Å². The van der Waals surface area contributed by atoms with Crippen molar-refractivity contribution in [1.82, 2.24) is 19.9 Å². The first-order valence-corrected chi connectivity index (χ1v) is 11.3. The second-order valence-electron chi connectivity index (χ2n) is 8.97. The quantitative estimate of drug-likeness (QED) is 0.447. The lowest BCUT2D eigenvalue weighted by atomic mass is 9.70. The standard InChI is InChI=1S/C25H28N4O4/c1-33-13-12-28-21-5-3-2-4-20(21)27-22(28)16-29(32)23(30)18-6-7-19-15-25(9-8-17(19)14-18)10-11-26-24(25)31/h2-7,14,32H,8-13,15-16H2,1H3,(H,26,31)/t25-/m1/s1. The van der Waals surface area contributed by atoms with Crippen LogP contribution < -0.4 is 5.32 Å². The van der Waals surface area contributed by atoms with Gasteiger partial charge in [0.05, 0.1) is 23.1 Å². The van der Waals surface area contributed by atoms with E-state index in [1.807, 2.05) is 41.0 Å². The van der Waals surface area contributed by atoms with E-state index in [1.54, 1.807) is 13.2 Å². The Balaban J connectivity index is 1.35. The Kier molecular flexibility index (Phi) is 5.64. The second kappa shape index (κ2) is 8.61. The van der Waals surface area contributed by atoms with Crippen LogP contribution in [0.5, 0.6) is 0 Å². The highest BCUT2D eigenvalue weighted by Gasteiger charge is 2.44. The maximum absolute atomic E-state index is 13.0. The van der Waals surface area contributed by atoms with Gasteiger partial charge in [0.15, 0.2) is 0 Å². The average molecular weight is 449 g/mol. The minimum absolute atomic E-state index is 0.0302. The number of fused-ring (bicyclic) bond motifs is 2. The van der Waals surface area contributed by atoms with E-state index < -0.39 is 5.91 Å². The molecule has 1 aromatic heterocycles. The molecule has 2 aliphatic rings. The molecular weight excluding hydrogens is 420 g/mol. The fourth-order valence-corrected chi connectivity index (χ4v) is 5.15. The molecule has 2 N–H and O–H groups in total. The molecule has 1 aliphatic carbocycles. The van der Waals surface area contributed by atoms with Crippen molar-refractivity contribution in [2.45, 2.75) is 38.8 Å². The van der Waals surface area contributed by atoms with Crippen LogP contribution in [0, 0.1) is 5.41 Å². The van der Waals surface area contributed by atoms with Crippen molar-refractivity contribution < 1.29 is 19.5 Å². The van der Waals surface area contributed by atoms with Gasteiger partial charge in [-0.05, 0) is 61.1 Å². The lowest BCUT2D eigenvalue weighted by Crippen LogP contribution is -2.36. The third-order valence-corrected chi connectivity index (χ3v) is 7.00. The lowest BCUT2D eigenvalue weighted by molar-refractivity contribution is -0.128. The summed E-state index contributed by atoms with van der Waals surface area (Å²) in [4.78, 5) is 30.0. The topological polar surface area (TPSA) is 96.7 Å². The van der Waals surface area contributed by atoms with Gasteiger partial charge < -0.3 is 14.6 Å². The molecule has 2 aromatic carbocycles. The normalized spacial score (nSPS) is 19.6. The van der Waals surface area contributed by atoms with Crippen molar-refractivity contribution in [3.8, 4) is 0 Å². The molecule has 8 heteroatoms. The van der Waals surface area contributed by atoms with Gasteiger partial charge in [-0.3, -0.25) is 14.8 Å². The van der Waals surface area contributed by atoms with E-state index in [2.05, 4.69) is 10.3 Å². The number of methoxy groups -OCH3 is 1. The molecule has 0 radical (unpaired) electrons. The average Bonchev–Trinajstić information content (AvgIpc) is 3.36. The van der Waals surface area contributed by atoms with E-state index in [0.717, 1.165) is 53.0 Å². The van der Waals surface area contributed by atoms with Crippen LogP contribution in [-0.2, 0) is 35.5 Å². The Hall–Kier alpha value is -3.23. The smallest absolute Gasteiger partial charge is 0.277 e. The molecular formula is C25H28N4O4. The van der Waals surface area contributed by atoms with Crippen LogP contribution >= 0.6 is 0 Å². The van der Waals surface area contributed by atoms with Crippen molar-refractivity contribution in [2.24, 2.45) is 5.41 Å². The number of aryl methyl sites for hydroxylation is 1. The molecule has 3 aromatic rings. The molecule has 1 atom stereocenters. The number of hydrogen-bond donors (Lipinski definition) is 2. The molecule has 1 spiro atoms. The SMILES string of the molecule is COCCn1c(CN(O)C(=O)c2ccc3c(c2)CC[C@@]2(CCNC2=O)C3)nc2ccccc21. The number of nitrogens with one attached hydrogen (secondary N) is 1. The van der Waals surface area contributed by atoms with Gasteiger partial charge in [0, 0.05) is 25.8 Å². The van der Waals surface area contributed by atoms with Crippen molar-refractivity contribution in [1.29, 1.82) is 0 Å². The van der Waals surface area contributed by atoms with E-state index in [-0.39, 0.29) is 17.9 Å². The summed E-state index contributed by atoms with van der Waals surface area (Å²) >= 11 is 0. The predicted molar refractivity (Wildman–Crippen MR) is 122 cm³/mol. The predicted octanol–water partition coefficient (Wildman–Crippen LogP) is 2.71. The number of amides is 2. The second-order valence-corrected chi connectivity index (χ2v) is 8.97. The molecule has 1 aliphatic heterocycles. The van der Waals surface area contributed by atoms with Crippen molar-refractivity contribution in [3.05, 3.63) is 65.0 Å². The number of carbonyl (C=O) groups is 2. The highest BCUT2D eigenvalue weighted by atomic mass is 16.5. The van der Waals surface area contributed by atoms with Gasteiger partial charge in [0.25, 0.3) is 5.91 Å². The minimum atomic E-state index is -0.470. The van der Waals surface area contributed by atoms with Crippen LogP contribution in [0.4, 0.5) is 0 Å². The molecule has 1 fully saturated rings. The Morgan fingerprint density at radius 3 is 2.88 bits per heavy atom. The number of hydroxylamine groups is 2. The number of nitrogens with zero attached hydrogens (tertiary/aromatic N) is 3. The number of imidazole rings is 1. The van der Waals surface area contributed by atoms with E-state index >= 15 is 0 Å². The van der Waals surface area contributed by atoms with Crippen molar-refractivity contribution in [3.63, 3.8) is 0 Å². The van der Waals surface area contributed by atoms with Gasteiger partial charge in [0.2, 0.25) is 5.91 Å². The monoisotopic (exact) mass is 448 g/mol. The van der Waals surface area contributed by atoms with Gasteiger partial charge in [-0.25, -0.2) is 10.0 Å². The number of aromatic nitrogens is 2. The fourth-order valence-electron chi connectivity index (χ4n) is 5.15. The molecule has 0 unspecified atom stereocenters. The van der Waals surface area contributed by atoms with Gasteiger partial charge in [-0.2, -0.15) is 0 Å². The summed E-state index contributed by atoms with van der Waals surface area (Å²) in [6.07, 6.45) is 3.10. The van der Waals surface area contributed by atoms with E-state index in [1.165, 1.54) is 0 Å². The first-order valence-electron chi connectivity index (χ1n) is 11.3. The minimum Gasteiger partial charge on any atom is -0.383 e. The number of benzene rings is 2. The Morgan fingerprint density at radius 1 is 1.24 bits per heavy atom. The van der Waals surface area contributed by atoms with Crippen molar-refractivity contribution >= 4 is 22.8 Å². The zero-order valence-corrected chi connectivity index (χ0v) is 18.7. The van der Waals surface area contributed by atoms with E-state index in [9.17, 15) is 14.8 Å². The zero-order valence-electron chi connectivity index (χ0n) is 18.7. The van der Waals surface area contributed by atoms with Crippen LogP contribution in [-0.4, -0.2) is 51.9 Å². The summed E-state index contributed by atoms with van der Waals surface area (Å²) < 4.78 is 7.18. The molecule has 2 amide bonds. The van der Waals surface area contributed by atoms with Gasteiger partial charge >= 0.3 is 0 Å². The van der Waals surface area contributed by atoms with Crippen LogP contribution in [0.15, 0.2) is 42.5 Å². The van der Waals surface area contributed by atoms with E-state index in [0.29, 0.717) is 31.0 Å². The Morgan fingerprint density at radius 2 is 2.09 bits per heavy atom. The highest BCUT2D eigenvalue weighted by molar-refractivity contribution is 5.94. The summed E-state index contributed by atoms with van der Waals surface area (Å²) in [5.74, 6) is 0.268. The van der Waals surface area contributed by atoms with Crippen LogP contribution in [0.3, 0.4) is 0 Å². The zero-order chi connectivity index (χ0) is 23.0. The number of rotatable bonds is 6. The maximum atomic E-state index is 13.0. The molecule has 5 rings (SSSR count). The molecule has 33 heavy (non-hydrogen) atoms. The first kappa shape index (κ1) is 21.6. The Bertz CT molecular complexity index is 1220. The third-order valence-electron chi connectivity index (χ3n) is 7.00.